The van der Waals surface area contributed by atoms with Crippen molar-refractivity contribution >= 4 is 29.9 Å². The second kappa shape index (κ2) is 6.34. The summed E-state index contributed by atoms with van der Waals surface area (Å²) in [5, 5.41) is 10.7. The molecule has 0 aliphatic rings. The maximum atomic E-state index is 10.7. The summed E-state index contributed by atoms with van der Waals surface area (Å²) >= 11 is 0. The highest BCUT2D eigenvalue weighted by molar-refractivity contribution is 5.81. The molecular formula is C11H15N3O2. The summed E-state index contributed by atoms with van der Waals surface area (Å²) in [5.41, 5.74) is 6.01. The largest absolute Gasteiger partial charge is 0.393 e. The first-order valence-electron chi connectivity index (χ1n) is 4.77. The molecule has 5 heteroatoms. The summed E-state index contributed by atoms with van der Waals surface area (Å²) in [6.07, 6.45) is 1.47. The maximum Gasteiger partial charge on any atom is 0.318 e. The van der Waals surface area contributed by atoms with Crippen molar-refractivity contribution in [1.29, 1.82) is 0 Å². The first-order chi connectivity index (χ1) is 7.61. The van der Waals surface area contributed by atoms with Gasteiger partial charge in [0.2, 0.25) is 0 Å². The summed E-state index contributed by atoms with van der Waals surface area (Å²) in [4.78, 5) is 13.7. The van der Waals surface area contributed by atoms with E-state index in [0.717, 1.165) is 0 Å². The van der Waals surface area contributed by atoms with Gasteiger partial charge in [0.1, 0.15) is 11.4 Å². The van der Waals surface area contributed by atoms with Gasteiger partial charge in [0, 0.05) is 5.56 Å². The molecule has 0 saturated heterocycles. The number of hydrogen-bond acceptors (Lipinski definition) is 4. The molecule has 2 N–H and O–H groups in total. The monoisotopic (exact) mass is 221 g/mol. The van der Waals surface area contributed by atoms with Gasteiger partial charge in [-0.2, -0.15) is 0 Å². The second-order valence-electron chi connectivity index (χ2n) is 2.56. The van der Waals surface area contributed by atoms with Crippen molar-refractivity contribution < 1.29 is 4.92 Å². The van der Waals surface area contributed by atoms with Gasteiger partial charge in [0.05, 0.1) is 4.92 Å². The lowest BCUT2D eigenvalue weighted by Gasteiger charge is -2.03. The highest BCUT2D eigenvalue weighted by Crippen LogP contribution is 2.36. The normalized spacial score (nSPS) is 8.62. The van der Waals surface area contributed by atoms with Gasteiger partial charge in [0.15, 0.2) is 0 Å². The molecule has 0 aliphatic carbocycles. The molecule has 86 valence electrons. The van der Waals surface area contributed by atoms with E-state index in [1.807, 2.05) is 13.8 Å². The van der Waals surface area contributed by atoms with Crippen LogP contribution in [0.25, 0.3) is 6.08 Å². The number of nitro groups is 1. The Labute approximate surface area is 94.5 Å². The Bertz CT molecular complexity index is 414. The molecular weight excluding hydrogens is 206 g/mol. The van der Waals surface area contributed by atoms with Crippen LogP contribution in [-0.2, 0) is 0 Å². The molecule has 0 bridgehead atoms. The molecule has 0 aromatic heterocycles. The lowest BCUT2D eigenvalue weighted by atomic mass is 10.1. The van der Waals surface area contributed by atoms with Gasteiger partial charge in [-0.25, -0.2) is 0 Å². The van der Waals surface area contributed by atoms with Crippen LogP contribution >= 0.6 is 0 Å². The van der Waals surface area contributed by atoms with Crippen molar-refractivity contribution in [1.82, 2.24) is 0 Å². The third kappa shape index (κ3) is 2.66. The lowest BCUT2D eigenvalue weighted by Crippen LogP contribution is -1.96. The van der Waals surface area contributed by atoms with Crippen molar-refractivity contribution in [2.75, 3.05) is 5.73 Å². The lowest BCUT2D eigenvalue weighted by molar-refractivity contribution is -0.383. The molecule has 1 rings (SSSR count). The van der Waals surface area contributed by atoms with Crippen LogP contribution in [0.3, 0.4) is 0 Å². The van der Waals surface area contributed by atoms with Crippen molar-refractivity contribution in [3.8, 4) is 0 Å². The number of benzene rings is 1. The number of nitrogens with zero attached hydrogens (tertiary/aromatic N) is 2. The maximum absolute atomic E-state index is 10.7. The predicted molar refractivity (Wildman–Crippen MR) is 68.2 cm³/mol. The second-order valence-corrected chi connectivity index (χ2v) is 2.56. The van der Waals surface area contributed by atoms with Crippen molar-refractivity contribution in [2.45, 2.75) is 13.8 Å². The Hall–Kier alpha value is -2.17. The van der Waals surface area contributed by atoms with Gasteiger partial charge in [-0.3, -0.25) is 15.1 Å². The van der Waals surface area contributed by atoms with E-state index in [4.69, 9.17) is 5.73 Å². The van der Waals surface area contributed by atoms with Crippen LogP contribution < -0.4 is 5.73 Å². The smallest absolute Gasteiger partial charge is 0.318 e. The Kier molecular flexibility index (Phi) is 5.48. The van der Waals surface area contributed by atoms with E-state index in [1.165, 1.54) is 12.1 Å². The molecule has 0 fully saturated rings. The average molecular weight is 221 g/mol. The number of nitro benzene ring substituents is 1. The van der Waals surface area contributed by atoms with Crippen LogP contribution in [0.15, 0.2) is 23.7 Å². The van der Waals surface area contributed by atoms with Gasteiger partial charge < -0.3 is 5.73 Å². The minimum absolute atomic E-state index is 0.0722. The number of nitrogen functional groups attached to an aromatic ring is 1. The number of anilines is 1. The molecule has 16 heavy (non-hydrogen) atoms. The van der Waals surface area contributed by atoms with Gasteiger partial charge >= 0.3 is 5.69 Å². The molecule has 5 nitrogen and oxygen atoms in total. The highest BCUT2D eigenvalue weighted by atomic mass is 16.6. The average Bonchev–Trinajstić information content (AvgIpc) is 2.30. The van der Waals surface area contributed by atoms with Gasteiger partial charge in [-0.05, 0) is 12.8 Å². The third-order valence-corrected chi connectivity index (χ3v) is 1.77. The zero-order valence-electron chi connectivity index (χ0n) is 9.43. The predicted octanol–water partition coefficient (Wildman–Crippen LogP) is 3.18. The fourth-order valence-corrected chi connectivity index (χ4v) is 1.13. The first-order valence-corrected chi connectivity index (χ1v) is 4.77. The van der Waals surface area contributed by atoms with Crippen LogP contribution in [0.2, 0.25) is 0 Å². The zero-order valence-corrected chi connectivity index (χ0v) is 9.43. The van der Waals surface area contributed by atoms with E-state index in [1.54, 1.807) is 6.07 Å². The summed E-state index contributed by atoms with van der Waals surface area (Å²) in [6, 6.07) is 3.06. The van der Waals surface area contributed by atoms with E-state index in [-0.39, 0.29) is 17.1 Å². The highest BCUT2D eigenvalue weighted by Gasteiger charge is 2.19. The topological polar surface area (TPSA) is 81.5 Å². The number of hydrogen-bond donors (Lipinski definition) is 1. The van der Waals surface area contributed by atoms with E-state index in [9.17, 15) is 10.1 Å². The Morgan fingerprint density at radius 1 is 1.50 bits per heavy atom. The summed E-state index contributed by atoms with van der Waals surface area (Å²) in [7, 11) is 0. The van der Waals surface area contributed by atoms with Crippen LogP contribution in [0.5, 0.6) is 0 Å². The molecule has 0 unspecified atom stereocenters. The van der Waals surface area contributed by atoms with E-state index in [2.05, 4.69) is 18.3 Å². The minimum atomic E-state index is -0.577. The standard InChI is InChI=1S/C9H9N3O2.C2H6/c1-3-6-4-5-7(10)9(12(13)14)8(6)11-2;1-2/h3-5H,1-2,10H2;1-2H3. The Morgan fingerprint density at radius 3 is 2.44 bits per heavy atom. The van der Waals surface area contributed by atoms with Crippen LogP contribution in [-0.4, -0.2) is 11.6 Å². The van der Waals surface area contributed by atoms with Gasteiger partial charge in [-0.15, -0.1) is 0 Å². The van der Waals surface area contributed by atoms with Crippen molar-refractivity contribution in [3.63, 3.8) is 0 Å². The summed E-state index contributed by atoms with van der Waals surface area (Å²) < 4.78 is 0. The molecule has 0 radical (unpaired) electrons. The van der Waals surface area contributed by atoms with Gasteiger partial charge in [-0.1, -0.05) is 32.6 Å². The Morgan fingerprint density at radius 2 is 2.06 bits per heavy atom. The molecule has 0 heterocycles. The Balaban J connectivity index is 0.00000106. The van der Waals surface area contributed by atoms with Crippen LogP contribution in [0.4, 0.5) is 17.1 Å². The van der Waals surface area contributed by atoms with Crippen LogP contribution in [0.1, 0.15) is 19.4 Å². The molecule has 1 aromatic carbocycles. The van der Waals surface area contributed by atoms with Crippen molar-refractivity contribution in [2.24, 2.45) is 4.99 Å². The molecule has 0 saturated carbocycles. The number of aliphatic imine (C=N–C) groups is 1. The van der Waals surface area contributed by atoms with E-state index in [0.29, 0.717) is 5.56 Å². The summed E-state index contributed by atoms with van der Waals surface area (Å²) in [5.74, 6) is 0. The van der Waals surface area contributed by atoms with E-state index < -0.39 is 4.92 Å². The number of rotatable bonds is 3. The van der Waals surface area contributed by atoms with Crippen molar-refractivity contribution in [3.05, 3.63) is 34.4 Å². The fraction of sp³-hybridized carbons (Fsp3) is 0.182. The molecule has 0 amide bonds. The quantitative estimate of drug-likeness (QED) is 0.368. The molecule has 1 aromatic rings. The van der Waals surface area contributed by atoms with E-state index >= 15 is 0 Å². The minimum Gasteiger partial charge on any atom is -0.393 e. The molecule has 0 atom stereocenters. The fourth-order valence-electron chi connectivity index (χ4n) is 1.13. The number of nitrogens with two attached hydrogens (primary N) is 1. The summed E-state index contributed by atoms with van der Waals surface area (Å²) in [6.45, 7) is 10.8. The molecule has 0 spiro atoms. The molecule has 0 aliphatic heterocycles. The first kappa shape index (κ1) is 13.8. The zero-order chi connectivity index (χ0) is 12.7. The third-order valence-electron chi connectivity index (χ3n) is 1.77. The van der Waals surface area contributed by atoms with Crippen LogP contribution in [0, 0.1) is 10.1 Å². The SMILES string of the molecule is C=Cc1ccc(N)c([N+](=O)[O-])c1N=C.CC. The van der Waals surface area contributed by atoms with Gasteiger partial charge in [0.25, 0.3) is 0 Å².